The van der Waals surface area contributed by atoms with E-state index in [2.05, 4.69) is 20.2 Å². The molecule has 0 aliphatic rings. The molecule has 0 spiro atoms. The number of aromatic nitrogens is 4. The molecule has 140 valence electrons. The van der Waals surface area contributed by atoms with E-state index in [0.29, 0.717) is 17.3 Å². The van der Waals surface area contributed by atoms with Crippen LogP contribution in [0.15, 0.2) is 77.5 Å². The number of carbonyl (C=O) groups excluding carboxylic acids is 1. The summed E-state index contributed by atoms with van der Waals surface area (Å²) in [6.45, 7) is 1.38. The van der Waals surface area contributed by atoms with E-state index >= 15 is 0 Å². The first kappa shape index (κ1) is 18.7. The van der Waals surface area contributed by atoms with Gasteiger partial charge < -0.3 is 14.9 Å². The normalized spacial score (nSPS) is 9.89. The number of para-hydroxylation sites is 1. The van der Waals surface area contributed by atoms with Gasteiger partial charge in [0.2, 0.25) is 5.89 Å². The highest BCUT2D eigenvalue weighted by Gasteiger charge is 2.14. The van der Waals surface area contributed by atoms with E-state index in [4.69, 9.17) is 14.9 Å². The first-order chi connectivity index (χ1) is 13.6. The lowest BCUT2D eigenvalue weighted by Crippen LogP contribution is -2.00. The monoisotopic (exact) mass is 375 g/mol. The summed E-state index contributed by atoms with van der Waals surface area (Å²) in [6.07, 6.45) is 3.03. The molecule has 4 rings (SSSR count). The average molecular weight is 375 g/mol. The highest BCUT2D eigenvalue weighted by Crippen LogP contribution is 2.24. The molecule has 0 fully saturated rings. The van der Waals surface area contributed by atoms with Crippen LogP contribution in [-0.2, 0) is 4.79 Å². The van der Waals surface area contributed by atoms with Gasteiger partial charge in [0.15, 0.2) is 11.5 Å². The molecule has 0 bridgehead atoms. The summed E-state index contributed by atoms with van der Waals surface area (Å²) in [5.74, 6) is 1.26. The number of benzene rings is 2. The molecular weight excluding hydrogens is 358 g/mol. The van der Waals surface area contributed by atoms with E-state index in [1.807, 2.05) is 48.5 Å². The van der Waals surface area contributed by atoms with Crippen molar-refractivity contribution in [3.05, 3.63) is 73.1 Å². The molecule has 8 nitrogen and oxygen atoms in total. The fourth-order valence-electron chi connectivity index (χ4n) is 2.18. The van der Waals surface area contributed by atoms with E-state index in [9.17, 15) is 4.79 Å². The number of hydrogen-bond donors (Lipinski definition) is 1. The van der Waals surface area contributed by atoms with Gasteiger partial charge in [-0.1, -0.05) is 36.4 Å². The molecule has 0 saturated heterocycles. The maximum atomic E-state index is 10.4. The second-order valence-corrected chi connectivity index (χ2v) is 5.48. The molecule has 0 aliphatic heterocycles. The zero-order chi connectivity index (χ0) is 19.8. The number of anilines is 1. The van der Waals surface area contributed by atoms with Gasteiger partial charge in [-0.25, -0.2) is 9.97 Å². The Morgan fingerprint density at radius 3 is 2.14 bits per heavy atom. The van der Waals surface area contributed by atoms with Gasteiger partial charge in [0, 0.05) is 24.9 Å². The smallest absolute Gasteiger partial charge is 0.308 e. The lowest BCUT2D eigenvalue weighted by molar-refractivity contribution is -0.131. The Morgan fingerprint density at radius 2 is 1.50 bits per heavy atom. The van der Waals surface area contributed by atoms with E-state index < -0.39 is 0 Å². The summed E-state index contributed by atoms with van der Waals surface area (Å²) in [6, 6.07) is 18.5. The molecule has 4 aromatic rings. The number of nitrogens with zero attached hydrogens (tertiary/aromatic N) is 4. The van der Waals surface area contributed by atoms with Gasteiger partial charge in [-0.05, 0) is 24.3 Å². The van der Waals surface area contributed by atoms with Crippen molar-refractivity contribution in [1.82, 2.24) is 20.2 Å². The molecule has 2 N–H and O–H groups in total. The van der Waals surface area contributed by atoms with E-state index in [1.165, 1.54) is 19.3 Å². The highest BCUT2D eigenvalue weighted by molar-refractivity contribution is 5.69. The fraction of sp³-hybridized carbons (Fsp3) is 0.0500. The molecule has 0 aliphatic carbocycles. The van der Waals surface area contributed by atoms with Crippen molar-refractivity contribution in [2.75, 3.05) is 5.73 Å². The zero-order valence-corrected chi connectivity index (χ0v) is 15.0. The van der Waals surface area contributed by atoms with Crippen LogP contribution >= 0.6 is 0 Å². The first-order valence-corrected chi connectivity index (χ1v) is 8.32. The van der Waals surface area contributed by atoms with Gasteiger partial charge in [0.1, 0.15) is 5.75 Å². The number of nitrogens with two attached hydrogens (primary N) is 1. The second kappa shape index (κ2) is 9.04. The van der Waals surface area contributed by atoms with Crippen molar-refractivity contribution < 1.29 is 13.9 Å². The summed E-state index contributed by atoms with van der Waals surface area (Å²) in [5, 5.41) is 7.89. The third-order valence-electron chi connectivity index (χ3n) is 3.38. The summed E-state index contributed by atoms with van der Waals surface area (Å²) >= 11 is 0. The minimum Gasteiger partial charge on any atom is -0.427 e. The third-order valence-corrected chi connectivity index (χ3v) is 3.38. The standard InChI is InChI=1S/C12H9N5O.C8H8O2/c13-10-9(14-6-7-15-10)12-17-16-11(18-12)8-4-2-1-3-5-8;1-7(9)10-8-5-3-2-4-6-8/h1-7H,(H2,13,15);2-6H,1H3. The predicted molar refractivity (Wildman–Crippen MR) is 103 cm³/mol. The summed E-state index contributed by atoms with van der Waals surface area (Å²) in [5.41, 5.74) is 6.94. The van der Waals surface area contributed by atoms with Crippen molar-refractivity contribution >= 4 is 11.8 Å². The van der Waals surface area contributed by atoms with Gasteiger partial charge in [0.25, 0.3) is 5.89 Å². The largest absolute Gasteiger partial charge is 0.427 e. The van der Waals surface area contributed by atoms with Crippen LogP contribution in [0.25, 0.3) is 23.0 Å². The van der Waals surface area contributed by atoms with Crippen molar-refractivity contribution in [3.63, 3.8) is 0 Å². The van der Waals surface area contributed by atoms with Crippen LogP contribution in [0.5, 0.6) is 5.75 Å². The van der Waals surface area contributed by atoms with Gasteiger partial charge in [-0.3, -0.25) is 4.79 Å². The Bertz CT molecular complexity index is 1040. The van der Waals surface area contributed by atoms with Crippen LogP contribution < -0.4 is 10.5 Å². The van der Waals surface area contributed by atoms with Crippen molar-refractivity contribution in [3.8, 4) is 28.8 Å². The minimum absolute atomic E-state index is 0.263. The number of carbonyl (C=O) groups is 1. The van der Waals surface area contributed by atoms with Gasteiger partial charge in [0.05, 0.1) is 0 Å². The van der Waals surface area contributed by atoms with E-state index in [1.54, 1.807) is 12.1 Å². The number of nitrogen functional groups attached to an aromatic ring is 1. The molecule has 8 heteroatoms. The summed E-state index contributed by atoms with van der Waals surface area (Å²) < 4.78 is 10.3. The minimum atomic E-state index is -0.286. The average Bonchev–Trinajstić information content (AvgIpc) is 3.20. The quantitative estimate of drug-likeness (QED) is 0.428. The lowest BCUT2D eigenvalue weighted by Gasteiger charge is -1.97. The Balaban J connectivity index is 0.000000192. The predicted octanol–water partition coefficient (Wildman–Crippen LogP) is 3.39. The molecule has 0 saturated carbocycles. The van der Waals surface area contributed by atoms with Crippen molar-refractivity contribution in [2.45, 2.75) is 6.92 Å². The Kier molecular flexibility index (Phi) is 6.04. The van der Waals surface area contributed by atoms with Gasteiger partial charge in [-0.2, -0.15) is 0 Å². The topological polar surface area (TPSA) is 117 Å². The third kappa shape index (κ3) is 4.98. The molecule has 2 heterocycles. The maximum Gasteiger partial charge on any atom is 0.308 e. The number of ether oxygens (including phenoxy) is 1. The van der Waals surface area contributed by atoms with Crippen LogP contribution in [0.4, 0.5) is 5.82 Å². The van der Waals surface area contributed by atoms with E-state index in [0.717, 1.165) is 5.56 Å². The number of hydrogen-bond acceptors (Lipinski definition) is 8. The molecule has 0 amide bonds. The fourth-order valence-corrected chi connectivity index (χ4v) is 2.18. The molecular formula is C20H17N5O3. The highest BCUT2D eigenvalue weighted by atomic mass is 16.5. The van der Waals surface area contributed by atoms with Crippen LogP contribution in [-0.4, -0.2) is 26.1 Å². The zero-order valence-electron chi connectivity index (χ0n) is 15.0. The maximum absolute atomic E-state index is 10.4. The van der Waals surface area contributed by atoms with Crippen molar-refractivity contribution in [1.29, 1.82) is 0 Å². The van der Waals surface area contributed by atoms with Crippen LogP contribution in [0.1, 0.15) is 6.92 Å². The lowest BCUT2D eigenvalue weighted by atomic mass is 10.2. The Morgan fingerprint density at radius 1 is 0.893 bits per heavy atom. The molecule has 2 aromatic carbocycles. The molecule has 28 heavy (non-hydrogen) atoms. The van der Waals surface area contributed by atoms with Crippen LogP contribution in [0.2, 0.25) is 0 Å². The van der Waals surface area contributed by atoms with Crippen molar-refractivity contribution in [2.24, 2.45) is 0 Å². The number of rotatable bonds is 3. The van der Waals surface area contributed by atoms with Crippen LogP contribution in [0, 0.1) is 0 Å². The van der Waals surface area contributed by atoms with Gasteiger partial charge in [-0.15, -0.1) is 10.2 Å². The Labute approximate surface area is 161 Å². The van der Waals surface area contributed by atoms with Gasteiger partial charge >= 0.3 is 5.97 Å². The number of esters is 1. The first-order valence-electron chi connectivity index (χ1n) is 8.32. The molecule has 0 unspecified atom stereocenters. The molecule has 0 radical (unpaired) electrons. The molecule has 0 atom stereocenters. The van der Waals surface area contributed by atoms with E-state index in [-0.39, 0.29) is 17.7 Å². The summed E-state index contributed by atoms with van der Waals surface area (Å²) in [4.78, 5) is 18.4. The SMILES string of the molecule is CC(=O)Oc1ccccc1.Nc1nccnc1-c1nnc(-c2ccccc2)o1. The second-order valence-electron chi connectivity index (χ2n) is 5.48. The summed E-state index contributed by atoms with van der Waals surface area (Å²) in [7, 11) is 0. The molecule has 2 aromatic heterocycles. The Hall–Kier alpha value is -4.07. The van der Waals surface area contributed by atoms with Crippen LogP contribution in [0.3, 0.4) is 0 Å².